The number of amides is 2. The van der Waals surface area contributed by atoms with E-state index in [9.17, 15) is 9.59 Å². The largest absolute Gasteiger partial charge is 0.459 e. The Morgan fingerprint density at radius 1 is 1.11 bits per heavy atom. The van der Waals surface area contributed by atoms with E-state index in [1.165, 1.54) is 6.26 Å². The summed E-state index contributed by atoms with van der Waals surface area (Å²) in [7, 11) is 0. The molecule has 1 N–H and O–H groups in total. The fourth-order valence-corrected chi connectivity index (χ4v) is 3.38. The number of hydrogen-bond donors (Lipinski definition) is 1. The molecule has 1 saturated heterocycles. The lowest BCUT2D eigenvalue weighted by Gasteiger charge is -2.34. The fourth-order valence-electron chi connectivity index (χ4n) is 3.38. The molecule has 0 bridgehead atoms. The van der Waals surface area contributed by atoms with Gasteiger partial charge in [0.05, 0.1) is 12.0 Å². The van der Waals surface area contributed by atoms with Gasteiger partial charge >= 0.3 is 0 Å². The van der Waals surface area contributed by atoms with Gasteiger partial charge in [-0.15, -0.1) is 0 Å². The van der Waals surface area contributed by atoms with Crippen LogP contribution in [-0.4, -0.2) is 63.7 Å². The molecule has 1 fully saturated rings. The summed E-state index contributed by atoms with van der Waals surface area (Å²) in [5.41, 5.74) is 1.98. The third-order valence-electron chi connectivity index (χ3n) is 4.89. The number of nitrogens with zero attached hydrogens (tertiary/aromatic N) is 4. The van der Waals surface area contributed by atoms with Crippen molar-refractivity contribution in [1.29, 1.82) is 0 Å². The van der Waals surface area contributed by atoms with Crippen LogP contribution in [0.2, 0.25) is 0 Å². The van der Waals surface area contributed by atoms with Crippen LogP contribution in [0.25, 0.3) is 5.65 Å². The molecule has 1 aliphatic rings. The monoisotopic (exact) mass is 381 g/mol. The van der Waals surface area contributed by atoms with Crippen LogP contribution in [0.3, 0.4) is 0 Å². The maximum Gasteiger partial charge on any atom is 0.286 e. The molecule has 4 heterocycles. The zero-order valence-corrected chi connectivity index (χ0v) is 15.6. The summed E-state index contributed by atoms with van der Waals surface area (Å²) in [4.78, 5) is 33.0. The first-order chi connectivity index (χ1) is 13.7. The van der Waals surface area contributed by atoms with Crippen LogP contribution in [0.5, 0.6) is 0 Å². The Labute approximate surface area is 162 Å². The molecule has 8 nitrogen and oxygen atoms in total. The predicted molar refractivity (Wildman–Crippen MR) is 103 cm³/mol. The molecular weight excluding hydrogens is 358 g/mol. The van der Waals surface area contributed by atoms with E-state index in [2.05, 4.69) is 21.4 Å². The van der Waals surface area contributed by atoms with E-state index >= 15 is 0 Å². The SMILES string of the molecule is O=C(NCCC(=O)N1CCN(Cc2cn3ccccc3n2)CC1)c1ccco1. The van der Waals surface area contributed by atoms with Crippen molar-refractivity contribution in [2.24, 2.45) is 0 Å². The lowest BCUT2D eigenvalue weighted by Crippen LogP contribution is -2.48. The van der Waals surface area contributed by atoms with E-state index in [1.807, 2.05) is 33.7 Å². The minimum absolute atomic E-state index is 0.0622. The van der Waals surface area contributed by atoms with Gasteiger partial charge in [-0.1, -0.05) is 6.07 Å². The fraction of sp³-hybridized carbons (Fsp3) is 0.350. The summed E-state index contributed by atoms with van der Waals surface area (Å²) < 4.78 is 7.05. The summed E-state index contributed by atoms with van der Waals surface area (Å²) >= 11 is 0. The van der Waals surface area contributed by atoms with E-state index in [0.717, 1.165) is 31.0 Å². The van der Waals surface area contributed by atoms with E-state index < -0.39 is 0 Å². The molecule has 4 rings (SSSR count). The number of aromatic nitrogens is 2. The molecule has 0 radical (unpaired) electrons. The molecule has 0 saturated carbocycles. The minimum Gasteiger partial charge on any atom is -0.459 e. The van der Waals surface area contributed by atoms with E-state index in [1.54, 1.807) is 12.1 Å². The van der Waals surface area contributed by atoms with E-state index in [4.69, 9.17) is 4.42 Å². The zero-order valence-electron chi connectivity index (χ0n) is 15.6. The van der Waals surface area contributed by atoms with Gasteiger partial charge in [0.1, 0.15) is 5.65 Å². The lowest BCUT2D eigenvalue weighted by molar-refractivity contribution is -0.132. The van der Waals surface area contributed by atoms with Crippen molar-refractivity contribution >= 4 is 17.5 Å². The number of furan rings is 1. The van der Waals surface area contributed by atoms with Crippen LogP contribution in [-0.2, 0) is 11.3 Å². The maximum absolute atomic E-state index is 12.4. The molecule has 146 valence electrons. The third-order valence-corrected chi connectivity index (χ3v) is 4.89. The normalized spacial score (nSPS) is 15.1. The second-order valence-electron chi connectivity index (χ2n) is 6.84. The van der Waals surface area contributed by atoms with Gasteiger partial charge in [-0.2, -0.15) is 0 Å². The summed E-state index contributed by atoms with van der Waals surface area (Å²) in [5, 5.41) is 2.71. The van der Waals surface area contributed by atoms with Crippen molar-refractivity contribution in [3.05, 3.63) is 60.4 Å². The molecule has 1 aliphatic heterocycles. The summed E-state index contributed by atoms with van der Waals surface area (Å²) in [6.45, 7) is 4.11. The molecule has 0 aromatic carbocycles. The van der Waals surface area contributed by atoms with Gasteiger partial charge in [-0.05, 0) is 24.3 Å². The summed E-state index contributed by atoms with van der Waals surface area (Å²) in [6.07, 6.45) is 5.78. The molecular formula is C20H23N5O3. The maximum atomic E-state index is 12.4. The second kappa shape index (κ2) is 8.26. The van der Waals surface area contributed by atoms with Crippen LogP contribution < -0.4 is 5.32 Å². The van der Waals surface area contributed by atoms with Crippen molar-refractivity contribution < 1.29 is 14.0 Å². The van der Waals surface area contributed by atoms with Crippen molar-refractivity contribution in [1.82, 2.24) is 24.5 Å². The average Bonchev–Trinajstić information content (AvgIpc) is 3.38. The number of carbonyl (C=O) groups excluding carboxylic acids is 2. The highest BCUT2D eigenvalue weighted by molar-refractivity contribution is 5.91. The Balaban J connectivity index is 1.20. The number of pyridine rings is 1. The van der Waals surface area contributed by atoms with E-state index in [0.29, 0.717) is 26.1 Å². The lowest BCUT2D eigenvalue weighted by atomic mass is 10.2. The second-order valence-corrected chi connectivity index (χ2v) is 6.84. The molecule has 3 aromatic heterocycles. The highest BCUT2D eigenvalue weighted by Gasteiger charge is 2.21. The topological polar surface area (TPSA) is 83.1 Å². The van der Waals surface area contributed by atoms with Crippen molar-refractivity contribution in [2.45, 2.75) is 13.0 Å². The molecule has 28 heavy (non-hydrogen) atoms. The van der Waals surface area contributed by atoms with Gasteiger partial charge in [-0.25, -0.2) is 4.98 Å². The van der Waals surface area contributed by atoms with Crippen LogP contribution in [0, 0.1) is 0 Å². The number of imidazole rings is 1. The molecule has 8 heteroatoms. The quantitative estimate of drug-likeness (QED) is 0.698. The Morgan fingerprint density at radius 2 is 1.96 bits per heavy atom. The Bertz CT molecular complexity index is 909. The van der Waals surface area contributed by atoms with Crippen molar-refractivity contribution in [3.8, 4) is 0 Å². The van der Waals surface area contributed by atoms with Crippen molar-refractivity contribution in [2.75, 3.05) is 32.7 Å². The first-order valence-electron chi connectivity index (χ1n) is 9.43. The highest BCUT2D eigenvalue weighted by Crippen LogP contribution is 2.10. The number of fused-ring (bicyclic) bond motifs is 1. The number of nitrogens with one attached hydrogen (secondary N) is 1. The average molecular weight is 381 g/mol. The van der Waals surface area contributed by atoms with Gasteiger partial charge < -0.3 is 19.0 Å². The molecule has 0 unspecified atom stereocenters. The Kier molecular flexibility index (Phi) is 5.38. The molecule has 0 atom stereocenters. The molecule has 0 aliphatic carbocycles. The smallest absolute Gasteiger partial charge is 0.286 e. The van der Waals surface area contributed by atoms with Gasteiger partial charge in [-0.3, -0.25) is 14.5 Å². The first-order valence-corrected chi connectivity index (χ1v) is 9.43. The highest BCUT2D eigenvalue weighted by atomic mass is 16.3. The third kappa shape index (κ3) is 4.23. The predicted octanol–water partition coefficient (Wildman–Crippen LogP) is 1.39. The van der Waals surface area contributed by atoms with Crippen LogP contribution >= 0.6 is 0 Å². The zero-order chi connectivity index (χ0) is 19.3. The Hall–Kier alpha value is -3.13. The number of carbonyl (C=O) groups is 2. The Morgan fingerprint density at radius 3 is 2.71 bits per heavy atom. The van der Waals surface area contributed by atoms with Crippen LogP contribution in [0.1, 0.15) is 22.7 Å². The van der Waals surface area contributed by atoms with Gasteiger partial charge in [0.25, 0.3) is 5.91 Å². The molecule has 2 amide bonds. The molecule has 0 spiro atoms. The standard InChI is InChI=1S/C20H23N5O3/c26-19(6-7-21-20(27)17-4-3-13-28-17)24-11-9-23(10-12-24)14-16-15-25-8-2-1-5-18(25)22-16/h1-5,8,13,15H,6-7,9-12,14H2,(H,21,27). The number of piperazine rings is 1. The van der Waals surface area contributed by atoms with Gasteiger partial charge in [0.15, 0.2) is 5.76 Å². The number of hydrogen-bond acceptors (Lipinski definition) is 5. The summed E-state index contributed by atoms with van der Waals surface area (Å²) in [5.74, 6) is 0.0233. The van der Waals surface area contributed by atoms with Crippen LogP contribution in [0.15, 0.2) is 53.4 Å². The summed E-state index contributed by atoms with van der Waals surface area (Å²) in [6, 6.07) is 9.21. The van der Waals surface area contributed by atoms with E-state index in [-0.39, 0.29) is 17.6 Å². The van der Waals surface area contributed by atoms with Gasteiger partial charge in [0.2, 0.25) is 5.91 Å². The van der Waals surface area contributed by atoms with Crippen LogP contribution in [0.4, 0.5) is 0 Å². The first kappa shape index (κ1) is 18.2. The van der Waals surface area contributed by atoms with Crippen molar-refractivity contribution in [3.63, 3.8) is 0 Å². The number of rotatable bonds is 6. The minimum atomic E-state index is -0.296. The van der Waals surface area contributed by atoms with Gasteiger partial charge in [0, 0.05) is 58.1 Å². The molecule has 3 aromatic rings.